The number of hydrogen-bond donors (Lipinski definition) is 0. The van der Waals surface area contributed by atoms with Crippen LogP contribution in [-0.2, 0) is 5.41 Å². The molecule has 0 saturated carbocycles. The summed E-state index contributed by atoms with van der Waals surface area (Å²) >= 11 is 0. The standard InChI is InChI=1S/C45H32N2/c1-45(2)40-18-10-8-16-36(40)37-23-21-31(28-41(37)45)46(30-13-4-3-5-14-30)47-42-19-11-9-17-39(42)44-38-25-24-33-32-15-7-6-12-29(32)20-22-34(33)35(38)26-27-43(44)47/h3-28H,1-2H3. The molecule has 0 spiro atoms. The molecule has 0 unspecified atom stereocenters. The zero-order valence-electron chi connectivity index (χ0n) is 26.4. The lowest BCUT2D eigenvalue weighted by Gasteiger charge is -2.30. The molecule has 9 aromatic rings. The summed E-state index contributed by atoms with van der Waals surface area (Å²) in [5, 5.41) is 12.7. The Morgan fingerprint density at radius 2 is 1.06 bits per heavy atom. The SMILES string of the molecule is CC1(C)c2ccccc2-c2ccc(N(c3ccccc3)n3c4ccccc4c4c5ccc6c7ccccc7ccc6c5ccc43)cc21. The molecule has 0 N–H and O–H groups in total. The highest BCUT2D eigenvalue weighted by Gasteiger charge is 2.36. The zero-order chi connectivity index (χ0) is 31.3. The van der Waals surface area contributed by atoms with Crippen molar-refractivity contribution in [2.75, 3.05) is 5.01 Å². The van der Waals surface area contributed by atoms with Crippen molar-refractivity contribution in [3.05, 3.63) is 169 Å². The van der Waals surface area contributed by atoms with Crippen molar-refractivity contribution in [1.82, 2.24) is 4.68 Å². The Balaban J connectivity index is 1.28. The van der Waals surface area contributed by atoms with Gasteiger partial charge in [0.15, 0.2) is 0 Å². The van der Waals surface area contributed by atoms with Gasteiger partial charge in [-0.2, -0.15) is 0 Å². The number of nitrogens with zero attached hydrogens (tertiary/aromatic N) is 2. The van der Waals surface area contributed by atoms with Gasteiger partial charge in [0.1, 0.15) is 0 Å². The predicted octanol–water partition coefficient (Wildman–Crippen LogP) is 12.2. The van der Waals surface area contributed by atoms with E-state index in [0.717, 1.165) is 11.4 Å². The lowest BCUT2D eigenvalue weighted by atomic mass is 9.82. The van der Waals surface area contributed by atoms with Crippen LogP contribution in [0.2, 0.25) is 0 Å². The minimum absolute atomic E-state index is 0.0907. The predicted molar refractivity (Wildman–Crippen MR) is 200 cm³/mol. The Morgan fingerprint density at radius 1 is 0.426 bits per heavy atom. The molecule has 1 aromatic heterocycles. The summed E-state index contributed by atoms with van der Waals surface area (Å²) in [6, 6.07) is 58.2. The molecule has 0 saturated heterocycles. The first-order valence-electron chi connectivity index (χ1n) is 16.5. The summed E-state index contributed by atoms with van der Waals surface area (Å²) in [6.07, 6.45) is 0. The average molecular weight is 601 g/mol. The Labute approximate surface area is 273 Å². The van der Waals surface area contributed by atoms with E-state index in [4.69, 9.17) is 0 Å². The van der Waals surface area contributed by atoms with Crippen LogP contribution in [0.25, 0.3) is 65.3 Å². The topological polar surface area (TPSA) is 8.17 Å². The van der Waals surface area contributed by atoms with Gasteiger partial charge < -0.3 is 0 Å². The number of aromatic nitrogens is 1. The molecule has 0 aliphatic heterocycles. The molecule has 2 nitrogen and oxygen atoms in total. The van der Waals surface area contributed by atoms with Gasteiger partial charge in [0.05, 0.1) is 22.4 Å². The van der Waals surface area contributed by atoms with E-state index in [9.17, 15) is 0 Å². The molecule has 0 fully saturated rings. The van der Waals surface area contributed by atoms with Crippen LogP contribution in [0, 0.1) is 0 Å². The van der Waals surface area contributed by atoms with Crippen molar-refractivity contribution < 1.29 is 0 Å². The largest absolute Gasteiger partial charge is 0.249 e. The molecule has 1 heterocycles. The molecule has 2 heteroatoms. The third-order valence-electron chi connectivity index (χ3n) is 10.5. The minimum atomic E-state index is -0.0907. The van der Waals surface area contributed by atoms with E-state index in [-0.39, 0.29) is 5.41 Å². The van der Waals surface area contributed by atoms with Crippen molar-refractivity contribution in [1.29, 1.82) is 0 Å². The van der Waals surface area contributed by atoms with Crippen molar-refractivity contribution in [3.8, 4) is 11.1 Å². The highest BCUT2D eigenvalue weighted by atomic mass is 15.6. The minimum Gasteiger partial charge on any atom is -0.249 e. The van der Waals surface area contributed by atoms with Crippen molar-refractivity contribution in [2.45, 2.75) is 19.3 Å². The molecule has 8 aromatic carbocycles. The van der Waals surface area contributed by atoms with Gasteiger partial charge in [-0.1, -0.05) is 135 Å². The van der Waals surface area contributed by atoms with Crippen LogP contribution in [0.4, 0.5) is 11.4 Å². The van der Waals surface area contributed by atoms with Gasteiger partial charge in [0.25, 0.3) is 0 Å². The Hall–Kier alpha value is -5.86. The fourth-order valence-electron chi connectivity index (χ4n) is 8.34. The summed E-state index contributed by atoms with van der Waals surface area (Å²) in [5.74, 6) is 0. The van der Waals surface area contributed by atoms with Crippen LogP contribution in [-0.4, -0.2) is 4.68 Å². The van der Waals surface area contributed by atoms with Crippen LogP contribution in [0.5, 0.6) is 0 Å². The van der Waals surface area contributed by atoms with Crippen LogP contribution in [0.15, 0.2) is 158 Å². The molecular formula is C45H32N2. The molecule has 0 amide bonds. The summed E-state index contributed by atoms with van der Waals surface area (Å²) < 4.78 is 2.43. The number of benzene rings is 8. The zero-order valence-corrected chi connectivity index (χ0v) is 26.4. The van der Waals surface area contributed by atoms with Crippen molar-refractivity contribution in [2.24, 2.45) is 0 Å². The molecule has 0 atom stereocenters. The average Bonchev–Trinajstić information content (AvgIpc) is 3.57. The van der Waals surface area contributed by atoms with Crippen molar-refractivity contribution >= 4 is 65.5 Å². The van der Waals surface area contributed by atoms with E-state index >= 15 is 0 Å². The molecule has 222 valence electrons. The summed E-state index contributed by atoms with van der Waals surface area (Å²) in [4.78, 5) is 0. The molecule has 1 aliphatic rings. The third-order valence-corrected chi connectivity index (χ3v) is 10.5. The normalized spacial score (nSPS) is 13.5. The molecule has 0 radical (unpaired) electrons. The van der Waals surface area contributed by atoms with Crippen LogP contribution in [0.3, 0.4) is 0 Å². The van der Waals surface area contributed by atoms with Gasteiger partial charge in [0, 0.05) is 16.2 Å². The van der Waals surface area contributed by atoms with Gasteiger partial charge in [-0.25, -0.2) is 9.69 Å². The van der Waals surface area contributed by atoms with E-state index in [1.54, 1.807) is 0 Å². The molecule has 0 bridgehead atoms. The maximum Gasteiger partial charge on any atom is 0.0722 e. The van der Waals surface area contributed by atoms with Gasteiger partial charge in [-0.05, 0) is 91.0 Å². The number of rotatable bonds is 3. The second-order valence-corrected chi connectivity index (χ2v) is 13.4. The summed E-state index contributed by atoms with van der Waals surface area (Å²) in [6.45, 7) is 4.71. The third kappa shape index (κ3) is 3.61. The second kappa shape index (κ2) is 9.57. The number of anilines is 2. The van der Waals surface area contributed by atoms with Gasteiger partial charge >= 0.3 is 0 Å². The first-order valence-corrected chi connectivity index (χ1v) is 16.5. The Morgan fingerprint density at radius 3 is 1.96 bits per heavy atom. The first-order chi connectivity index (χ1) is 23.1. The monoisotopic (exact) mass is 600 g/mol. The molecule has 47 heavy (non-hydrogen) atoms. The number of para-hydroxylation sites is 2. The van der Waals surface area contributed by atoms with Crippen LogP contribution >= 0.6 is 0 Å². The number of hydrogen-bond acceptors (Lipinski definition) is 1. The highest BCUT2D eigenvalue weighted by molar-refractivity contribution is 6.27. The fourth-order valence-corrected chi connectivity index (χ4v) is 8.34. The smallest absolute Gasteiger partial charge is 0.0722 e. The van der Waals surface area contributed by atoms with E-state index in [2.05, 4.69) is 181 Å². The van der Waals surface area contributed by atoms with Crippen molar-refractivity contribution in [3.63, 3.8) is 0 Å². The van der Waals surface area contributed by atoms with Gasteiger partial charge in [-0.15, -0.1) is 0 Å². The van der Waals surface area contributed by atoms with Crippen LogP contribution in [0.1, 0.15) is 25.0 Å². The van der Waals surface area contributed by atoms with Gasteiger partial charge in [0.2, 0.25) is 0 Å². The Kier molecular flexibility index (Phi) is 5.37. The van der Waals surface area contributed by atoms with Crippen LogP contribution < -0.4 is 5.01 Å². The summed E-state index contributed by atoms with van der Waals surface area (Å²) in [7, 11) is 0. The van der Waals surface area contributed by atoms with Gasteiger partial charge in [-0.3, -0.25) is 0 Å². The lowest BCUT2D eigenvalue weighted by molar-refractivity contribution is 0.660. The second-order valence-electron chi connectivity index (χ2n) is 13.4. The molecule has 10 rings (SSSR count). The maximum atomic E-state index is 2.43. The first kappa shape index (κ1) is 26.4. The Bertz CT molecular complexity index is 2710. The maximum absolute atomic E-state index is 2.43. The highest BCUT2D eigenvalue weighted by Crippen LogP contribution is 2.50. The van der Waals surface area contributed by atoms with E-state index < -0.39 is 0 Å². The van der Waals surface area contributed by atoms with E-state index in [1.807, 2.05) is 0 Å². The summed E-state index contributed by atoms with van der Waals surface area (Å²) in [5.41, 5.74) is 9.96. The molecule has 1 aliphatic carbocycles. The molecular weight excluding hydrogens is 569 g/mol. The quantitative estimate of drug-likeness (QED) is 0.183. The van der Waals surface area contributed by atoms with E-state index in [1.165, 1.54) is 76.4 Å². The fraction of sp³-hybridized carbons (Fsp3) is 0.0667. The number of fused-ring (bicyclic) bond motifs is 12. The lowest BCUT2D eigenvalue weighted by Crippen LogP contribution is -2.24. The van der Waals surface area contributed by atoms with E-state index in [0.29, 0.717) is 0 Å².